The van der Waals surface area contributed by atoms with Gasteiger partial charge >= 0.3 is 0 Å². The third-order valence-corrected chi connectivity index (χ3v) is 6.53. The largest absolute Gasteiger partial charge is 0.482 e. The maximum Gasteiger partial charge on any atom is 0.262 e. The number of halogens is 1. The number of anilines is 1. The summed E-state index contributed by atoms with van der Waals surface area (Å²) in [5, 5.41) is 13.5. The number of fused-ring (bicyclic) bond motifs is 1. The van der Waals surface area contributed by atoms with E-state index in [9.17, 15) is 10.1 Å². The van der Waals surface area contributed by atoms with Gasteiger partial charge in [-0.05, 0) is 48.3 Å². The molecule has 3 rings (SSSR count). The summed E-state index contributed by atoms with van der Waals surface area (Å²) in [6.45, 7) is 6.63. The molecule has 142 valence electrons. The summed E-state index contributed by atoms with van der Waals surface area (Å²) < 4.78 is 5.49. The van der Waals surface area contributed by atoms with E-state index >= 15 is 0 Å². The Labute approximate surface area is 169 Å². The van der Waals surface area contributed by atoms with Gasteiger partial charge in [-0.15, -0.1) is 11.3 Å². The molecular formula is C21H23ClN2O2S. The molecule has 0 bridgehead atoms. The number of ether oxygens (including phenoxy) is 1. The summed E-state index contributed by atoms with van der Waals surface area (Å²) in [5.74, 6) is 0.757. The highest BCUT2D eigenvalue weighted by Gasteiger charge is 2.32. The third-order valence-electron chi connectivity index (χ3n) is 5.05. The van der Waals surface area contributed by atoms with Gasteiger partial charge in [-0.25, -0.2) is 0 Å². The van der Waals surface area contributed by atoms with Crippen molar-refractivity contribution in [1.29, 1.82) is 5.26 Å². The number of hydrogen-bond donors (Lipinski definition) is 1. The zero-order valence-corrected chi connectivity index (χ0v) is 17.3. The molecule has 0 saturated carbocycles. The van der Waals surface area contributed by atoms with Gasteiger partial charge < -0.3 is 10.1 Å². The van der Waals surface area contributed by atoms with Gasteiger partial charge in [0, 0.05) is 4.88 Å². The van der Waals surface area contributed by atoms with Crippen molar-refractivity contribution >= 4 is 33.8 Å². The molecular weight excluding hydrogens is 380 g/mol. The van der Waals surface area contributed by atoms with Crippen LogP contribution in [0.3, 0.4) is 0 Å². The van der Waals surface area contributed by atoms with Crippen molar-refractivity contribution in [3.05, 3.63) is 45.3 Å². The van der Waals surface area contributed by atoms with Crippen LogP contribution < -0.4 is 10.1 Å². The molecule has 0 fully saturated rings. The summed E-state index contributed by atoms with van der Waals surface area (Å²) in [4.78, 5) is 13.5. The first-order valence-corrected chi connectivity index (χ1v) is 10.2. The van der Waals surface area contributed by atoms with Gasteiger partial charge in [0.25, 0.3) is 5.91 Å². The van der Waals surface area contributed by atoms with Crippen molar-refractivity contribution in [2.24, 2.45) is 11.3 Å². The van der Waals surface area contributed by atoms with Crippen LogP contribution in [-0.4, -0.2) is 12.5 Å². The molecule has 0 saturated heterocycles. The predicted molar refractivity (Wildman–Crippen MR) is 110 cm³/mol. The smallest absolute Gasteiger partial charge is 0.262 e. The van der Waals surface area contributed by atoms with Crippen LogP contribution in [0.5, 0.6) is 5.75 Å². The molecule has 6 heteroatoms. The molecule has 1 aromatic carbocycles. The number of nitriles is 1. The molecule has 1 aromatic heterocycles. The fraction of sp³-hybridized carbons (Fsp3) is 0.429. The Morgan fingerprint density at radius 3 is 2.81 bits per heavy atom. The molecule has 1 aliphatic rings. The van der Waals surface area contributed by atoms with Crippen LogP contribution in [0.4, 0.5) is 5.00 Å². The first-order valence-electron chi connectivity index (χ1n) is 9.01. The van der Waals surface area contributed by atoms with Crippen LogP contribution in [0, 0.1) is 22.7 Å². The van der Waals surface area contributed by atoms with E-state index in [0.717, 1.165) is 24.8 Å². The molecule has 4 nitrogen and oxygen atoms in total. The fourth-order valence-electron chi connectivity index (χ4n) is 3.40. The Kier molecular flexibility index (Phi) is 5.78. The van der Waals surface area contributed by atoms with Gasteiger partial charge in [-0.3, -0.25) is 4.79 Å². The number of carbonyl (C=O) groups is 1. The summed E-state index contributed by atoms with van der Waals surface area (Å²) in [7, 11) is 0. The standard InChI is InChI=1S/C21H23ClN2O2S/c1-21(2,3)13-8-9-14-15(11-23)20(27-18(14)10-13)24-19(25)12-26-17-7-5-4-6-16(17)22/h4-7,13H,8-10,12H2,1-3H3,(H,24,25)/t13-/m0/s1. The average molecular weight is 403 g/mol. The number of carbonyl (C=O) groups excluding carboxylic acids is 1. The Morgan fingerprint density at radius 1 is 1.41 bits per heavy atom. The number of benzene rings is 1. The van der Waals surface area contributed by atoms with E-state index < -0.39 is 0 Å². The lowest BCUT2D eigenvalue weighted by atomic mass is 9.72. The second-order valence-corrected chi connectivity index (χ2v) is 9.41. The van der Waals surface area contributed by atoms with Crippen molar-refractivity contribution in [3.63, 3.8) is 0 Å². The SMILES string of the molecule is CC(C)(C)[C@H]1CCc2c(sc(NC(=O)COc3ccccc3Cl)c2C#N)C1. The number of para-hydroxylation sites is 1. The topological polar surface area (TPSA) is 62.1 Å². The van der Waals surface area contributed by atoms with E-state index in [1.807, 2.05) is 0 Å². The van der Waals surface area contributed by atoms with Crippen LogP contribution in [0.2, 0.25) is 5.02 Å². The van der Waals surface area contributed by atoms with Gasteiger partial charge in [0.15, 0.2) is 6.61 Å². The van der Waals surface area contributed by atoms with Crippen LogP contribution in [0.1, 0.15) is 43.2 Å². The molecule has 1 atom stereocenters. The minimum atomic E-state index is -0.294. The third kappa shape index (κ3) is 4.45. The molecule has 1 heterocycles. The normalized spacial score (nSPS) is 16.3. The van der Waals surface area contributed by atoms with Crippen molar-refractivity contribution in [2.45, 2.75) is 40.0 Å². The van der Waals surface area contributed by atoms with Crippen molar-refractivity contribution < 1.29 is 9.53 Å². The number of amides is 1. The average Bonchev–Trinajstić information content (AvgIpc) is 2.96. The molecule has 1 amide bonds. The maximum absolute atomic E-state index is 12.3. The van der Waals surface area contributed by atoms with Crippen LogP contribution in [0.15, 0.2) is 24.3 Å². The number of thiophene rings is 1. The monoisotopic (exact) mass is 402 g/mol. The fourth-order valence-corrected chi connectivity index (χ4v) is 4.88. The van der Waals surface area contributed by atoms with Crippen LogP contribution in [-0.2, 0) is 17.6 Å². The number of nitrogens with zero attached hydrogens (tertiary/aromatic N) is 1. The van der Waals surface area contributed by atoms with E-state index in [1.165, 1.54) is 16.2 Å². The highest BCUT2D eigenvalue weighted by atomic mass is 35.5. The lowest BCUT2D eigenvalue weighted by Gasteiger charge is -2.33. The lowest BCUT2D eigenvalue weighted by Crippen LogP contribution is -2.26. The quantitative estimate of drug-likeness (QED) is 0.740. The second kappa shape index (κ2) is 7.92. The first kappa shape index (κ1) is 19.7. The summed E-state index contributed by atoms with van der Waals surface area (Å²) in [5.41, 5.74) is 1.94. The molecule has 2 aromatic rings. The molecule has 1 aliphatic carbocycles. The van der Waals surface area contributed by atoms with Gasteiger partial charge in [-0.1, -0.05) is 44.5 Å². The van der Waals surface area contributed by atoms with Gasteiger partial charge in [0.1, 0.15) is 16.8 Å². The van der Waals surface area contributed by atoms with Gasteiger partial charge in [0.2, 0.25) is 0 Å². The van der Waals surface area contributed by atoms with Crippen molar-refractivity contribution in [1.82, 2.24) is 0 Å². The summed E-state index contributed by atoms with van der Waals surface area (Å²) in [6, 6.07) is 9.30. The molecule has 0 unspecified atom stereocenters. The molecule has 0 spiro atoms. The molecule has 1 N–H and O–H groups in total. The van der Waals surface area contributed by atoms with Crippen LogP contribution >= 0.6 is 22.9 Å². The van der Waals surface area contributed by atoms with Crippen LogP contribution in [0.25, 0.3) is 0 Å². The second-order valence-electron chi connectivity index (χ2n) is 7.89. The Morgan fingerprint density at radius 2 is 2.15 bits per heavy atom. The minimum absolute atomic E-state index is 0.151. The van der Waals surface area contributed by atoms with Gasteiger partial charge in [0.05, 0.1) is 10.6 Å². The number of hydrogen-bond acceptors (Lipinski definition) is 4. The van der Waals surface area contributed by atoms with E-state index in [1.54, 1.807) is 24.3 Å². The zero-order valence-electron chi connectivity index (χ0n) is 15.8. The Bertz CT molecular complexity index is 893. The highest BCUT2D eigenvalue weighted by molar-refractivity contribution is 7.16. The molecule has 27 heavy (non-hydrogen) atoms. The van der Waals surface area contributed by atoms with Crippen molar-refractivity contribution in [2.75, 3.05) is 11.9 Å². The van der Waals surface area contributed by atoms with Crippen molar-refractivity contribution in [3.8, 4) is 11.8 Å². The molecule has 0 aliphatic heterocycles. The maximum atomic E-state index is 12.3. The van der Waals surface area contributed by atoms with E-state index in [-0.39, 0.29) is 17.9 Å². The van der Waals surface area contributed by atoms with E-state index in [4.69, 9.17) is 16.3 Å². The molecule has 0 radical (unpaired) electrons. The number of nitrogens with one attached hydrogen (secondary N) is 1. The Hall–Kier alpha value is -2.03. The van der Waals surface area contributed by atoms with Gasteiger partial charge in [-0.2, -0.15) is 5.26 Å². The number of rotatable bonds is 4. The van der Waals surface area contributed by atoms with E-state index in [2.05, 4.69) is 32.2 Å². The zero-order chi connectivity index (χ0) is 19.6. The summed E-state index contributed by atoms with van der Waals surface area (Å²) >= 11 is 7.56. The summed E-state index contributed by atoms with van der Waals surface area (Å²) in [6.07, 6.45) is 2.93. The van der Waals surface area contributed by atoms with E-state index in [0.29, 0.717) is 27.3 Å². The Balaban J connectivity index is 1.71. The lowest BCUT2D eigenvalue weighted by molar-refractivity contribution is -0.118. The predicted octanol–water partition coefficient (Wildman–Crippen LogP) is 5.44. The highest BCUT2D eigenvalue weighted by Crippen LogP contribution is 2.43. The minimum Gasteiger partial charge on any atom is -0.482 e. The first-order chi connectivity index (χ1) is 12.8.